The number of sulfonamides is 1. The molecule has 108 valence electrons. The Bertz CT molecular complexity index is 559. The number of aryl methyl sites for hydroxylation is 2. The van der Waals surface area contributed by atoms with Crippen LogP contribution in [-0.4, -0.2) is 35.6 Å². The summed E-state index contributed by atoms with van der Waals surface area (Å²) < 4.78 is 27.9. The van der Waals surface area contributed by atoms with E-state index in [0.717, 1.165) is 0 Å². The minimum atomic E-state index is -3.78. The van der Waals surface area contributed by atoms with E-state index in [2.05, 4.69) is 9.71 Å². The van der Waals surface area contributed by atoms with E-state index in [0.29, 0.717) is 12.2 Å². The second kappa shape index (κ2) is 5.30. The number of nitrogens with zero attached hydrogens (tertiary/aromatic N) is 2. The first kappa shape index (κ1) is 15.6. The van der Waals surface area contributed by atoms with Gasteiger partial charge in [0, 0.05) is 19.8 Å². The molecule has 1 atom stereocenters. The van der Waals surface area contributed by atoms with Crippen molar-refractivity contribution in [2.75, 3.05) is 6.54 Å². The summed E-state index contributed by atoms with van der Waals surface area (Å²) in [6.45, 7) is 4.72. The first-order chi connectivity index (χ1) is 8.62. The largest absolute Gasteiger partial charge is 0.481 e. The van der Waals surface area contributed by atoms with E-state index >= 15 is 0 Å². The lowest BCUT2D eigenvalue weighted by atomic mass is 9.88. The third-order valence-electron chi connectivity index (χ3n) is 3.31. The Balaban J connectivity index is 2.90. The molecule has 0 aromatic carbocycles. The number of carbonyl (C=O) groups is 1. The molecule has 0 spiro atoms. The van der Waals surface area contributed by atoms with Gasteiger partial charge in [-0.1, -0.05) is 6.92 Å². The summed E-state index contributed by atoms with van der Waals surface area (Å²) >= 11 is 0. The van der Waals surface area contributed by atoms with Gasteiger partial charge in [0.05, 0.1) is 5.41 Å². The maximum Gasteiger partial charge on any atom is 0.310 e. The van der Waals surface area contributed by atoms with E-state index in [9.17, 15) is 13.2 Å². The zero-order valence-corrected chi connectivity index (χ0v) is 12.3. The summed E-state index contributed by atoms with van der Waals surface area (Å²) in [6, 6.07) is 0. The lowest BCUT2D eigenvalue weighted by Crippen LogP contribution is -2.40. The van der Waals surface area contributed by atoms with Gasteiger partial charge < -0.3 is 9.67 Å². The van der Waals surface area contributed by atoms with Gasteiger partial charge in [0.25, 0.3) is 10.0 Å². The number of aliphatic carboxylic acids is 1. The summed E-state index contributed by atoms with van der Waals surface area (Å²) in [4.78, 5) is 15.0. The van der Waals surface area contributed by atoms with Gasteiger partial charge in [0.15, 0.2) is 5.03 Å². The molecule has 1 aromatic heterocycles. The smallest absolute Gasteiger partial charge is 0.310 e. The van der Waals surface area contributed by atoms with E-state index in [-0.39, 0.29) is 11.6 Å². The van der Waals surface area contributed by atoms with Crippen LogP contribution in [0, 0.1) is 12.3 Å². The van der Waals surface area contributed by atoms with Crippen LogP contribution in [0.1, 0.15) is 26.1 Å². The van der Waals surface area contributed by atoms with E-state index in [4.69, 9.17) is 5.11 Å². The molecule has 0 aliphatic carbocycles. The Morgan fingerprint density at radius 3 is 2.53 bits per heavy atom. The van der Waals surface area contributed by atoms with Crippen LogP contribution in [0.2, 0.25) is 0 Å². The second-order valence-electron chi connectivity index (χ2n) is 4.78. The van der Waals surface area contributed by atoms with Crippen LogP contribution in [-0.2, 0) is 21.9 Å². The number of rotatable bonds is 6. The fourth-order valence-corrected chi connectivity index (χ4v) is 2.54. The summed E-state index contributed by atoms with van der Waals surface area (Å²) in [5.74, 6) is -0.466. The quantitative estimate of drug-likeness (QED) is 0.794. The minimum absolute atomic E-state index is 0.101. The van der Waals surface area contributed by atoms with E-state index in [1.54, 1.807) is 25.5 Å². The number of imidazole rings is 1. The van der Waals surface area contributed by atoms with Crippen molar-refractivity contribution in [1.29, 1.82) is 0 Å². The summed E-state index contributed by atoms with van der Waals surface area (Å²) in [6.07, 6.45) is 1.72. The molecular formula is C11H19N3O4S. The van der Waals surface area contributed by atoms with Gasteiger partial charge in [-0.15, -0.1) is 0 Å². The molecule has 8 heteroatoms. The molecule has 19 heavy (non-hydrogen) atoms. The molecule has 0 aliphatic rings. The summed E-state index contributed by atoms with van der Waals surface area (Å²) in [5, 5.41) is 8.99. The number of hydrogen-bond donors (Lipinski definition) is 2. The Morgan fingerprint density at radius 1 is 1.58 bits per heavy atom. The molecule has 0 amide bonds. The summed E-state index contributed by atoms with van der Waals surface area (Å²) in [5.41, 5.74) is -1.13. The average molecular weight is 289 g/mol. The number of carboxylic acid groups (broad SMARTS) is 1. The summed E-state index contributed by atoms with van der Waals surface area (Å²) in [7, 11) is -2.09. The molecule has 0 saturated carbocycles. The van der Waals surface area contributed by atoms with Gasteiger partial charge in [-0.2, -0.15) is 0 Å². The molecule has 0 bridgehead atoms. The molecule has 2 N–H and O–H groups in total. The number of aromatic nitrogens is 2. The minimum Gasteiger partial charge on any atom is -0.481 e. The van der Waals surface area contributed by atoms with Gasteiger partial charge in [0.2, 0.25) is 0 Å². The van der Waals surface area contributed by atoms with E-state index in [1.165, 1.54) is 13.1 Å². The SMILES string of the molecule is CCC(C)(CNS(=O)(=O)c1cn(C)c(C)n1)C(=O)O. The Kier molecular flexibility index (Phi) is 4.36. The van der Waals surface area contributed by atoms with Crippen LogP contribution in [0.25, 0.3) is 0 Å². The molecule has 1 heterocycles. The van der Waals surface area contributed by atoms with E-state index in [1.807, 2.05) is 0 Å². The third kappa shape index (κ3) is 3.32. The van der Waals surface area contributed by atoms with Crippen LogP contribution >= 0.6 is 0 Å². The van der Waals surface area contributed by atoms with Gasteiger partial charge in [-0.05, 0) is 20.3 Å². The lowest BCUT2D eigenvalue weighted by molar-refractivity contribution is -0.147. The van der Waals surface area contributed by atoms with Gasteiger partial charge in [-0.25, -0.2) is 18.1 Å². The molecular weight excluding hydrogens is 270 g/mol. The van der Waals surface area contributed by atoms with Crippen LogP contribution in [0.4, 0.5) is 0 Å². The highest BCUT2D eigenvalue weighted by molar-refractivity contribution is 7.89. The molecule has 0 aliphatic heterocycles. The molecule has 0 saturated heterocycles. The van der Waals surface area contributed by atoms with Crippen molar-refractivity contribution < 1.29 is 18.3 Å². The molecule has 7 nitrogen and oxygen atoms in total. The molecule has 1 unspecified atom stereocenters. The zero-order valence-electron chi connectivity index (χ0n) is 11.5. The van der Waals surface area contributed by atoms with Crippen molar-refractivity contribution in [2.24, 2.45) is 12.5 Å². The van der Waals surface area contributed by atoms with E-state index < -0.39 is 21.4 Å². The van der Waals surface area contributed by atoms with Gasteiger partial charge >= 0.3 is 5.97 Å². The van der Waals surface area contributed by atoms with Crippen molar-refractivity contribution >= 4 is 16.0 Å². The number of nitrogens with one attached hydrogen (secondary N) is 1. The zero-order chi connectivity index (χ0) is 14.8. The number of carboxylic acids is 1. The molecule has 1 rings (SSSR count). The predicted molar refractivity (Wildman–Crippen MR) is 69.2 cm³/mol. The molecule has 1 aromatic rings. The van der Waals surface area contributed by atoms with Crippen LogP contribution < -0.4 is 4.72 Å². The highest BCUT2D eigenvalue weighted by Gasteiger charge is 2.33. The van der Waals surface area contributed by atoms with Crippen LogP contribution in [0.3, 0.4) is 0 Å². The highest BCUT2D eigenvalue weighted by Crippen LogP contribution is 2.21. The van der Waals surface area contributed by atoms with Crippen molar-refractivity contribution in [1.82, 2.24) is 14.3 Å². The van der Waals surface area contributed by atoms with Gasteiger partial charge in [-0.3, -0.25) is 4.79 Å². The second-order valence-corrected chi connectivity index (χ2v) is 6.50. The number of hydrogen-bond acceptors (Lipinski definition) is 4. The van der Waals surface area contributed by atoms with Gasteiger partial charge in [0.1, 0.15) is 5.82 Å². The predicted octanol–water partition coefficient (Wildman–Crippen LogP) is 0.508. The normalized spacial score (nSPS) is 15.2. The topological polar surface area (TPSA) is 101 Å². The third-order valence-corrected chi connectivity index (χ3v) is 4.58. The van der Waals surface area contributed by atoms with Crippen molar-refractivity contribution in [3.8, 4) is 0 Å². The Labute approximate surface area is 112 Å². The Hall–Kier alpha value is -1.41. The first-order valence-corrected chi connectivity index (χ1v) is 7.34. The maximum atomic E-state index is 12.0. The molecule has 0 radical (unpaired) electrons. The Morgan fingerprint density at radius 2 is 2.16 bits per heavy atom. The fraction of sp³-hybridized carbons (Fsp3) is 0.636. The maximum absolute atomic E-state index is 12.0. The average Bonchev–Trinajstić information content (AvgIpc) is 2.67. The lowest BCUT2D eigenvalue weighted by Gasteiger charge is -2.22. The monoisotopic (exact) mass is 289 g/mol. The van der Waals surface area contributed by atoms with Crippen molar-refractivity contribution in [2.45, 2.75) is 32.2 Å². The van der Waals surface area contributed by atoms with Crippen LogP contribution in [0.15, 0.2) is 11.2 Å². The van der Waals surface area contributed by atoms with Crippen molar-refractivity contribution in [3.63, 3.8) is 0 Å². The van der Waals surface area contributed by atoms with Crippen molar-refractivity contribution in [3.05, 3.63) is 12.0 Å². The first-order valence-electron chi connectivity index (χ1n) is 5.85. The highest BCUT2D eigenvalue weighted by atomic mass is 32.2. The fourth-order valence-electron chi connectivity index (χ4n) is 1.34. The molecule has 0 fully saturated rings. The van der Waals surface area contributed by atoms with Crippen LogP contribution in [0.5, 0.6) is 0 Å². The standard InChI is InChI=1S/C11H19N3O4S/c1-5-11(3,10(15)16)7-12-19(17,18)9-6-14(4)8(2)13-9/h6,12H,5,7H2,1-4H3,(H,15,16).